The van der Waals surface area contributed by atoms with Crippen molar-refractivity contribution in [3.63, 3.8) is 0 Å². The fourth-order valence-corrected chi connectivity index (χ4v) is 7.27. The van der Waals surface area contributed by atoms with Gasteiger partial charge in [0.1, 0.15) is 0 Å². The van der Waals surface area contributed by atoms with Gasteiger partial charge < -0.3 is 0 Å². The minimum atomic E-state index is -0.189. The molecule has 0 aliphatic heterocycles. The lowest BCUT2D eigenvalue weighted by molar-refractivity contribution is 0.666. The SMILES string of the molecule is CC1(C)c2ccccc2-c2ccc3c(c(-c4cccc(-c5nc(-c6ccccc6)nc(-c6ccccc6)n5)c4)nc4ccccc43)c21. The molecule has 0 bridgehead atoms. The van der Waals surface area contributed by atoms with Crippen LogP contribution in [0.1, 0.15) is 25.0 Å². The first-order valence-corrected chi connectivity index (χ1v) is 16.0. The number of rotatable bonds is 4. The smallest absolute Gasteiger partial charge is 0.164 e. The molecule has 0 fully saturated rings. The Hall–Kier alpha value is -6.00. The third kappa shape index (κ3) is 4.37. The van der Waals surface area contributed by atoms with E-state index in [9.17, 15) is 0 Å². The van der Waals surface area contributed by atoms with Crippen molar-refractivity contribution in [3.8, 4) is 56.5 Å². The molecule has 0 radical (unpaired) electrons. The number of hydrogen-bond acceptors (Lipinski definition) is 4. The standard InChI is InChI=1S/C43H30N4/c1-43(2)35-22-11-9-20-31(35)34-25-24-33-32-21-10-12-23-36(32)44-39(37(33)38(34)43)29-18-13-19-30(26-29)42-46-40(27-14-5-3-6-15-27)45-41(47-42)28-16-7-4-8-17-28/h3-26H,1-2H3. The Morgan fingerprint density at radius 2 is 1.00 bits per heavy atom. The van der Waals surface area contributed by atoms with E-state index < -0.39 is 0 Å². The van der Waals surface area contributed by atoms with E-state index in [1.807, 2.05) is 60.7 Å². The van der Waals surface area contributed by atoms with Crippen molar-refractivity contribution in [1.29, 1.82) is 0 Å². The van der Waals surface area contributed by atoms with Crippen LogP contribution in [0.2, 0.25) is 0 Å². The van der Waals surface area contributed by atoms with Crippen LogP contribution in [0.15, 0.2) is 146 Å². The Bertz CT molecular complexity index is 2430. The van der Waals surface area contributed by atoms with Gasteiger partial charge >= 0.3 is 0 Å². The molecular formula is C43H30N4. The highest BCUT2D eigenvalue weighted by Crippen LogP contribution is 2.53. The maximum atomic E-state index is 5.39. The van der Waals surface area contributed by atoms with Crippen molar-refractivity contribution < 1.29 is 0 Å². The number of para-hydroxylation sites is 1. The van der Waals surface area contributed by atoms with Crippen molar-refractivity contribution in [2.75, 3.05) is 0 Å². The van der Waals surface area contributed by atoms with Gasteiger partial charge in [0.2, 0.25) is 0 Å². The summed E-state index contributed by atoms with van der Waals surface area (Å²) >= 11 is 0. The monoisotopic (exact) mass is 602 g/mol. The van der Waals surface area contributed by atoms with E-state index in [1.165, 1.54) is 33.0 Å². The highest BCUT2D eigenvalue weighted by Gasteiger charge is 2.37. The zero-order valence-electron chi connectivity index (χ0n) is 26.1. The highest BCUT2D eigenvalue weighted by atomic mass is 15.0. The number of fused-ring (bicyclic) bond motifs is 7. The van der Waals surface area contributed by atoms with Gasteiger partial charge in [0.25, 0.3) is 0 Å². The summed E-state index contributed by atoms with van der Waals surface area (Å²) in [4.78, 5) is 20.3. The summed E-state index contributed by atoms with van der Waals surface area (Å²) in [5.74, 6) is 1.92. The van der Waals surface area contributed by atoms with E-state index in [1.54, 1.807) is 0 Å². The quantitative estimate of drug-likeness (QED) is 0.188. The van der Waals surface area contributed by atoms with Crippen LogP contribution in [0, 0.1) is 0 Å². The number of benzene rings is 6. The fraction of sp³-hybridized carbons (Fsp3) is 0.0698. The number of pyridine rings is 1. The largest absolute Gasteiger partial charge is 0.247 e. The molecule has 4 heteroatoms. The van der Waals surface area contributed by atoms with Gasteiger partial charge in [-0.2, -0.15) is 0 Å². The minimum Gasteiger partial charge on any atom is -0.247 e. The van der Waals surface area contributed by atoms with Crippen LogP contribution in [-0.4, -0.2) is 19.9 Å². The van der Waals surface area contributed by atoms with Gasteiger partial charge in [0, 0.05) is 38.4 Å². The van der Waals surface area contributed by atoms with Gasteiger partial charge in [-0.05, 0) is 39.8 Å². The van der Waals surface area contributed by atoms with Gasteiger partial charge in [-0.25, -0.2) is 19.9 Å². The Labute approximate surface area is 273 Å². The van der Waals surface area contributed by atoms with Crippen LogP contribution in [0.4, 0.5) is 0 Å². The van der Waals surface area contributed by atoms with Crippen LogP contribution >= 0.6 is 0 Å². The molecule has 8 aromatic rings. The molecule has 0 N–H and O–H groups in total. The topological polar surface area (TPSA) is 51.6 Å². The van der Waals surface area contributed by atoms with Crippen molar-refractivity contribution in [2.45, 2.75) is 19.3 Å². The molecule has 0 atom stereocenters. The van der Waals surface area contributed by atoms with Gasteiger partial charge in [0.15, 0.2) is 17.5 Å². The molecule has 0 unspecified atom stereocenters. The van der Waals surface area contributed by atoms with E-state index in [0.29, 0.717) is 17.5 Å². The van der Waals surface area contributed by atoms with Crippen molar-refractivity contribution in [2.24, 2.45) is 0 Å². The first-order valence-electron chi connectivity index (χ1n) is 16.0. The van der Waals surface area contributed by atoms with E-state index in [2.05, 4.69) is 98.8 Å². The van der Waals surface area contributed by atoms with Crippen molar-refractivity contribution in [3.05, 3.63) is 157 Å². The van der Waals surface area contributed by atoms with Gasteiger partial charge in [-0.1, -0.05) is 147 Å². The van der Waals surface area contributed by atoms with Crippen molar-refractivity contribution >= 4 is 21.7 Å². The molecule has 47 heavy (non-hydrogen) atoms. The lowest BCUT2D eigenvalue weighted by Gasteiger charge is -2.25. The molecule has 0 saturated carbocycles. The second-order valence-electron chi connectivity index (χ2n) is 12.7. The second kappa shape index (κ2) is 10.5. The van der Waals surface area contributed by atoms with Gasteiger partial charge in [-0.15, -0.1) is 0 Å². The summed E-state index contributed by atoms with van der Waals surface area (Å²) in [6, 6.07) is 50.6. The molecule has 6 aromatic carbocycles. The molecule has 0 saturated heterocycles. The van der Waals surface area contributed by atoms with E-state index in [-0.39, 0.29) is 5.41 Å². The maximum Gasteiger partial charge on any atom is 0.164 e. The molecule has 1 aliphatic carbocycles. The van der Waals surface area contributed by atoms with Crippen molar-refractivity contribution in [1.82, 2.24) is 19.9 Å². The third-order valence-corrected chi connectivity index (χ3v) is 9.48. The number of aromatic nitrogens is 4. The van der Waals surface area contributed by atoms with Gasteiger partial charge in [0.05, 0.1) is 11.2 Å². The normalized spacial score (nSPS) is 13.1. The number of nitrogens with zero attached hydrogens (tertiary/aromatic N) is 4. The molecular weight excluding hydrogens is 573 g/mol. The minimum absolute atomic E-state index is 0.189. The summed E-state index contributed by atoms with van der Waals surface area (Å²) in [6.45, 7) is 4.68. The Morgan fingerprint density at radius 3 is 1.72 bits per heavy atom. The zero-order valence-corrected chi connectivity index (χ0v) is 26.1. The Kier molecular flexibility index (Phi) is 6.12. The molecule has 2 heterocycles. The molecule has 2 aromatic heterocycles. The first-order chi connectivity index (χ1) is 23.1. The summed E-state index contributed by atoms with van der Waals surface area (Å²) in [5.41, 5.74) is 10.9. The van der Waals surface area contributed by atoms with E-state index >= 15 is 0 Å². The summed E-state index contributed by atoms with van der Waals surface area (Å²) in [5, 5.41) is 3.58. The lowest BCUT2D eigenvalue weighted by atomic mass is 9.79. The fourth-order valence-electron chi connectivity index (χ4n) is 7.27. The Morgan fingerprint density at radius 1 is 0.426 bits per heavy atom. The van der Waals surface area contributed by atoms with Crippen LogP contribution in [0.5, 0.6) is 0 Å². The Balaban J connectivity index is 1.30. The summed E-state index contributed by atoms with van der Waals surface area (Å²) in [7, 11) is 0. The van der Waals surface area contributed by atoms with Crippen LogP contribution < -0.4 is 0 Å². The van der Waals surface area contributed by atoms with Crippen LogP contribution in [0.25, 0.3) is 78.2 Å². The predicted molar refractivity (Wildman–Crippen MR) is 192 cm³/mol. The molecule has 0 spiro atoms. The molecule has 222 valence electrons. The average Bonchev–Trinajstić information content (AvgIpc) is 3.38. The predicted octanol–water partition coefficient (Wildman–Crippen LogP) is 10.5. The lowest BCUT2D eigenvalue weighted by Crippen LogP contribution is -2.16. The summed E-state index contributed by atoms with van der Waals surface area (Å²) < 4.78 is 0. The molecule has 9 rings (SSSR count). The second-order valence-corrected chi connectivity index (χ2v) is 12.7. The molecule has 1 aliphatic rings. The maximum absolute atomic E-state index is 5.39. The zero-order chi connectivity index (χ0) is 31.5. The van der Waals surface area contributed by atoms with Crippen LogP contribution in [-0.2, 0) is 5.41 Å². The first kappa shape index (κ1) is 27.3. The number of hydrogen-bond donors (Lipinski definition) is 0. The van der Waals surface area contributed by atoms with E-state index in [4.69, 9.17) is 19.9 Å². The van der Waals surface area contributed by atoms with E-state index in [0.717, 1.165) is 38.9 Å². The molecule has 0 amide bonds. The summed E-state index contributed by atoms with van der Waals surface area (Å²) in [6.07, 6.45) is 0. The average molecular weight is 603 g/mol. The highest BCUT2D eigenvalue weighted by molar-refractivity contribution is 6.15. The van der Waals surface area contributed by atoms with Crippen LogP contribution in [0.3, 0.4) is 0 Å². The molecule has 4 nitrogen and oxygen atoms in total. The van der Waals surface area contributed by atoms with Gasteiger partial charge in [-0.3, -0.25) is 0 Å². The third-order valence-electron chi connectivity index (χ3n) is 9.48.